The van der Waals surface area contributed by atoms with Gasteiger partial charge in [0.15, 0.2) is 0 Å². The Labute approximate surface area is 66.4 Å². The molecule has 0 spiro atoms. The van der Waals surface area contributed by atoms with E-state index < -0.39 is 5.60 Å². The highest BCUT2D eigenvalue weighted by Crippen LogP contribution is 2.26. The summed E-state index contributed by atoms with van der Waals surface area (Å²) in [5.74, 6) is -0.284. The van der Waals surface area contributed by atoms with E-state index in [0.717, 1.165) is 6.42 Å². The SMILES string of the molecule is CCC1CC(C)(O)CC(=O)O1. The van der Waals surface area contributed by atoms with Crippen LogP contribution in [0.15, 0.2) is 0 Å². The zero-order valence-electron chi connectivity index (χ0n) is 6.96. The number of carbonyl (C=O) groups is 1. The maximum absolute atomic E-state index is 10.9. The fourth-order valence-corrected chi connectivity index (χ4v) is 1.37. The molecule has 1 saturated heterocycles. The first-order chi connectivity index (χ1) is 5.03. The number of aliphatic hydroxyl groups is 1. The summed E-state index contributed by atoms with van der Waals surface area (Å²) in [6.07, 6.45) is 1.38. The molecule has 0 aliphatic carbocycles. The van der Waals surface area contributed by atoms with Crippen LogP contribution < -0.4 is 0 Å². The van der Waals surface area contributed by atoms with Crippen LogP contribution >= 0.6 is 0 Å². The maximum Gasteiger partial charge on any atom is 0.308 e. The van der Waals surface area contributed by atoms with E-state index in [1.54, 1.807) is 6.92 Å². The summed E-state index contributed by atoms with van der Waals surface area (Å²) in [4.78, 5) is 10.9. The minimum Gasteiger partial charge on any atom is -0.462 e. The van der Waals surface area contributed by atoms with E-state index in [-0.39, 0.29) is 18.5 Å². The number of esters is 1. The summed E-state index contributed by atoms with van der Waals surface area (Å²) in [5.41, 5.74) is -0.851. The molecule has 0 radical (unpaired) electrons. The molecule has 0 aromatic carbocycles. The summed E-state index contributed by atoms with van der Waals surface area (Å²) < 4.78 is 4.97. The Kier molecular flexibility index (Phi) is 2.18. The van der Waals surface area contributed by atoms with Gasteiger partial charge in [-0.15, -0.1) is 0 Å². The molecule has 0 aromatic heterocycles. The van der Waals surface area contributed by atoms with Crippen molar-refractivity contribution < 1.29 is 14.6 Å². The molecule has 64 valence electrons. The zero-order chi connectivity index (χ0) is 8.48. The highest BCUT2D eigenvalue weighted by atomic mass is 16.5. The largest absolute Gasteiger partial charge is 0.462 e. The number of carbonyl (C=O) groups excluding carboxylic acids is 1. The summed E-state index contributed by atoms with van der Waals surface area (Å²) in [7, 11) is 0. The molecular formula is C8H14O3. The molecule has 0 aromatic rings. The van der Waals surface area contributed by atoms with Gasteiger partial charge in [0.25, 0.3) is 0 Å². The van der Waals surface area contributed by atoms with E-state index in [1.807, 2.05) is 6.92 Å². The molecule has 3 heteroatoms. The van der Waals surface area contributed by atoms with Crippen molar-refractivity contribution in [2.45, 2.75) is 44.8 Å². The zero-order valence-corrected chi connectivity index (χ0v) is 6.96. The van der Waals surface area contributed by atoms with Crippen molar-refractivity contribution in [1.29, 1.82) is 0 Å². The lowest BCUT2D eigenvalue weighted by molar-refractivity contribution is -0.168. The Bertz CT molecular complexity index is 163. The summed E-state index contributed by atoms with van der Waals surface area (Å²) in [6.45, 7) is 3.62. The van der Waals surface area contributed by atoms with Gasteiger partial charge >= 0.3 is 5.97 Å². The lowest BCUT2D eigenvalue weighted by Crippen LogP contribution is -2.40. The highest BCUT2D eigenvalue weighted by Gasteiger charge is 2.35. The van der Waals surface area contributed by atoms with Crippen LogP contribution in [0.4, 0.5) is 0 Å². The molecular weight excluding hydrogens is 144 g/mol. The van der Waals surface area contributed by atoms with Gasteiger partial charge in [0.05, 0.1) is 12.0 Å². The third-order valence-corrected chi connectivity index (χ3v) is 1.95. The van der Waals surface area contributed by atoms with Crippen molar-refractivity contribution in [3.63, 3.8) is 0 Å². The van der Waals surface area contributed by atoms with E-state index in [2.05, 4.69) is 0 Å². The van der Waals surface area contributed by atoms with Gasteiger partial charge < -0.3 is 9.84 Å². The minimum atomic E-state index is -0.851. The fraction of sp³-hybridized carbons (Fsp3) is 0.875. The third-order valence-electron chi connectivity index (χ3n) is 1.95. The summed E-state index contributed by atoms with van der Waals surface area (Å²) >= 11 is 0. The molecule has 2 unspecified atom stereocenters. The Morgan fingerprint density at radius 3 is 2.91 bits per heavy atom. The standard InChI is InChI=1S/C8H14O3/c1-3-6-4-8(2,10)5-7(9)11-6/h6,10H,3-5H2,1-2H3. The molecule has 1 heterocycles. The molecule has 0 amide bonds. The van der Waals surface area contributed by atoms with Crippen molar-refractivity contribution in [3.8, 4) is 0 Å². The molecule has 1 aliphatic heterocycles. The van der Waals surface area contributed by atoms with Crippen molar-refractivity contribution in [2.75, 3.05) is 0 Å². The minimum absolute atomic E-state index is 0.0914. The second kappa shape index (κ2) is 2.81. The molecule has 0 bridgehead atoms. The number of hydrogen-bond acceptors (Lipinski definition) is 3. The van der Waals surface area contributed by atoms with Crippen molar-refractivity contribution in [2.24, 2.45) is 0 Å². The number of rotatable bonds is 1. The number of cyclic esters (lactones) is 1. The Balaban J connectivity index is 2.58. The lowest BCUT2D eigenvalue weighted by Gasteiger charge is -2.32. The average Bonchev–Trinajstić information content (AvgIpc) is 1.83. The van der Waals surface area contributed by atoms with Gasteiger partial charge in [-0.3, -0.25) is 4.79 Å². The van der Waals surface area contributed by atoms with Gasteiger partial charge in [0.1, 0.15) is 6.10 Å². The van der Waals surface area contributed by atoms with Crippen LogP contribution in [-0.4, -0.2) is 22.8 Å². The molecule has 1 aliphatic rings. The Morgan fingerprint density at radius 2 is 2.45 bits per heavy atom. The van der Waals surface area contributed by atoms with Gasteiger partial charge in [-0.05, 0) is 13.3 Å². The van der Waals surface area contributed by atoms with Gasteiger partial charge in [-0.2, -0.15) is 0 Å². The normalized spacial score (nSPS) is 38.5. The summed E-state index contributed by atoms with van der Waals surface area (Å²) in [5, 5.41) is 9.55. The van der Waals surface area contributed by atoms with E-state index in [1.165, 1.54) is 0 Å². The quantitative estimate of drug-likeness (QED) is 0.575. The number of hydrogen-bond donors (Lipinski definition) is 1. The maximum atomic E-state index is 10.9. The monoisotopic (exact) mass is 158 g/mol. The molecule has 3 nitrogen and oxygen atoms in total. The van der Waals surface area contributed by atoms with Crippen LogP contribution in [0.1, 0.15) is 33.1 Å². The molecule has 1 rings (SSSR count). The molecule has 11 heavy (non-hydrogen) atoms. The lowest BCUT2D eigenvalue weighted by atomic mass is 9.91. The molecule has 0 saturated carbocycles. The van der Waals surface area contributed by atoms with Crippen LogP contribution in [-0.2, 0) is 9.53 Å². The van der Waals surface area contributed by atoms with Crippen LogP contribution in [0.2, 0.25) is 0 Å². The third kappa shape index (κ3) is 2.19. The van der Waals surface area contributed by atoms with Crippen molar-refractivity contribution in [1.82, 2.24) is 0 Å². The van der Waals surface area contributed by atoms with Gasteiger partial charge in [0, 0.05) is 6.42 Å². The fourth-order valence-electron chi connectivity index (χ4n) is 1.37. The van der Waals surface area contributed by atoms with Crippen LogP contribution in [0.5, 0.6) is 0 Å². The number of ether oxygens (including phenoxy) is 1. The van der Waals surface area contributed by atoms with E-state index >= 15 is 0 Å². The van der Waals surface area contributed by atoms with E-state index in [0.29, 0.717) is 6.42 Å². The van der Waals surface area contributed by atoms with Crippen LogP contribution in [0.3, 0.4) is 0 Å². The first-order valence-electron chi connectivity index (χ1n) is 3.95. The Hall–Kier alpha value is -0.570. The van der Waals surface area contributed by atoms with Crippen molar-refractivity contribution >= 4 is 5.97 Å². The second-order valence-corrected chi connectivity index (χ2v) is 3.40. The average molecular weight is 158 g/mol. The summed E-state index contributed by atoms with van der Waals surface area (Å²) in [6, 6.07) is 0. The predicted molar refractivity (Wildman–Crippen MR) is 40.0 cm³/mol. The molecule has 2 atom stereocenters. The second-order valence-electron chi connectivity index (χ2n) is 3.40. The smallest absolute Gasteiger partial charge is 0.308 e. The molecule has 1 N–H and O–H groups in total. The first kappa shape index (κ1) is 8.53. The predicted octanol–water partition coefficient (Wildman–Crippen LogP) is 0.853. The van der Waals surface area contributed by atoms with Crippen LogP contribution in [0.25, 0.3) is 0 Å². The van der Waals surface area contributed by atoms with Crippen LogP contribution in [0, 0.1) is 0 Å². The first-order valence-corrected chi connectivity index (χ1v) is 3.95. The van der Waals surface area contributed by atoms with Crippen molar-refractivity contribution in [3.05, 3.63) is 0 Å². The molecule has 1 fully saturated rings. The van der Waals surface area contributed by atoms with Gasteiger partial charge in [-0.1, -0.05) is 6.92 Å². The highest BCUT2D eigenvalue weighted by molar-refractivity contribution is 5.71. The van der Waals surface area contributed by atoms with Gasteiger partial charge in [-0.25, -0.2) is 0 Å². The topological polar surface area (TPSA) is 46.5 Å². The van der Waals surface area contributed by atoms with E-state index in [4.69, 9.17) is 4.74 Å². The van der Waals surface area contributed by atoms with E-state index in [9.17, 15) is 9.90 Å². The van der Waals surface area contributed by atoms with Gasteiger partial charge in [0.2, 0.25) is 0 Å². The Morgan fingerprint density at radius 1 is 1.82 bits per heavy atom.